The van der Waals surface area contributed by atoms with E-state index in [1.807, 2.05) is 25.2 Å². The molecule has 1 heterocycles. The van der Waals surface area contributed by atoms with Crippen LogP contribution >= 0.6 is 15.9 Å². The van der Waals surface area contributed by atoms with E-state index in [1.54, 1.807) is 7.11 Å². The smallest absolute Gasteiger partial charge is 0.285 e. The second-order valence-electron chi connectivity index (χ2n) is 5.20. The molecule has 1 unspecified atom stereocenters. The zero-order chi connectivity index (χ0) is 17.0. The molecule has 0 saturated carbocycles. The largest absolute Gasteiger partial charge is 0.496 e. The molecule has 23 heavy (non-hydrogen) atoms. The van der Waals surface area contributed by atoms with Gasteiger partial charge in [0.25, 0.3) is 11.2 Å². The molecule has 0 aliphatic carbocycles. The van der Waals surface area contributed by atoms with Gasteiger partial charge >= 0.3 is 0 Å². The number of nitrogens with zero attached hydrogens (tertiary/aromatic N) is 2. The lowest BCUT2D eigenvalue weighted by molar-refractivity contribution is -0.917. The zero-order valence-electron chi connectivity index (χ0n) is 12.8. The molecule has 0 amide bonds. The molecule has 0 radical (unpaired) electrons. The van der Waals surface area contributed by atoms with Crippen molar-refractivity contribution in [2.75, 3.05) is 14.2 Å². The van der Waals surface area contributed by atoms with Gasteiger partial charge in [-0.3, -0.25) is 19.5 Å². The highest BCUT2D eigenvalue weighted by atomic mass is 79.9. The van der Waals surface area contributed by atoms with Gasteiger partial charge in [-0.05, 0) is 18.2 Å². The van der Waals surface area contributed by atoms with Crippen molar-refractivity contribution in [2.24, 2.45) is 0 Å². The molecule has 7 nitrogen and oxygen atoms in total. The van der Waals surface area contributed by atoms with Crippen LogP contribution in [0.4, 0.5) is 5.69 Å². The maximum atomic E-state index is 11.9. The fourth-order valence-electron chi connectivity index (χ4n) is 2.31. The van der Waals surface area contributed by atoms with E-state index in [2.05, 4.69) is 15.9 Å². The van der Waals surface area contributed by atoms with Gasteiger partial charge in [-0.1, -0.05) is 15.9 Å². The highest BCUT2D eigenvalue weighted by Crippen LogP contribution is 2.22. The quantitative estimate of drug-likeness (QED) is 0.601. The van der Waals surface area contributed by atoms with Crippen LogP contribution < -0.4 is 15.2 Å². The maximum absolute atomic E-state index is 11.9. The molecule has 1 aromatic heterocycles. The van der Waals surface area contributed by atoms with Gasteiger partial charge in [0, 0.05) is 22.2 Å². The summed E-state index contributed by atoms with van der Waals surface area (Å²) in [6, 6.07) is 8.14. The van der Waals surface area contributed by atoms with Crippen molar-refractivity contribution >= 4 is 21.6 Å². The Bertz CT molecular complexity index is 776. The zero-order valence-corrected chi connectivity index (χ0v) is 14.4. The second kappa shape index (κ2) is 7.38. The van der Waals surface area contributed by atoms with Gasteiger partial charge in [-0.25, -0.2) is 0 Å². The molecule has 0 saturated heterocycles. The SMILES string of the molecule is COc1ccc(Br)cc1C[NH+](C)Cn1cc([N+](=O)[O-])ccc1=O. The average Bonchev–Trinajstić information content (AvgIpc) is 2.49. The molecule has 0 aliphatic rings. The number of hydrogen-bond donors (Lipinski definition) is 1. The summed E-state index contributed by atoms with van der Waals surface area (Å²) in [5, 5.41) is 10.8. The number of aromatic nitrogens is 1. The summed E-state index contributed by atoms with van der Waals surface area (Å²) in [4.78, 5) is 23.2. The third-order valence-electron chi connectivity index (χ3n) is 3.35. The van der Waals surface area contributed by atoms with Crippen molar-refractivity contribution in [3.05, 3.63) is 67.0 Å². The standard InChI is InChI=1S/C15H16BrN3O4/c1-17(8-11-7-12(16)3-5-14(11)23-2)10-18-9-13(19(21)22)4-6-15(18)20/h3-7,9H,8,10H2,1-2H3/p+1. The molecular weight excluding hydrogens is 366 g/mol. The molecule has 0 bridgehead atoms. The van der Waals surface area contributed by atoms with E-state index in [1.165, 1.54) is 22.9 Å². The van der Waals surface area contributed by atoms with E-state index in [0.29, 0.717) is 13.2 Å². The number of ether oxygens (including phenoxy) is 1. The Balaban J connectivity index is 2.18. The van der Waals surface area contributed by atoms with Crippen molar-refractivity contribution in [3.8, 4) is 5.75 Å². The molecule has 1 atom stereocenters. The van der Waals surface area contributed by atoms with Crippen LogP contribution in [-0.4, -0.2) is 23.6 Å². The van der Waals surface area contributed by atoms with Crippen molar-refractivity contribution in [3.63, 3.8) is 0 Å². The monoisotopic (exact) mass is 382 g/mol. The predicted molar refractivity (Wildman–Crippen MR) is 88.6 cm³/mol. The Labute approximate surface area is 141 Å². The first-order valence-electron chi connectivity index (χ1n) is 6.89. The average molecular weight is 383 g/mol. The van der Waals surface area contributed by atoms with Crippen molar-refractivity contribution in [1.29, 1.82) is 0 Å². The fourth-order valence-corrected chi connectivity index (χ4v) is 2.72. The molecule has 0 fully saturated rings. The van der Waals surface area contributed by atoms with E-state index in [4.69, 9.17) is 4.74 Å². The Hall–Kier alpha value is -2.19. The molecule has 1 N–H and O–H groups in total. The van der Waals surface area contributed by atoms with E-state index in [9.17, 15) is 14.9 Å². The summed E-state index contributed by atoms with van der Waals surface area (Å²) in [6.07, 6.45) is 1.27. The number of nitro groups is 1. The number of methoxy groups -OCH3 is 1. The number of rotatable bonds is 6. The van der Waals surface area contributed by atoms with Crippen molar-refractivity contribution < 1.29 is 14.6 Å². The number of quaternary nitrogens is 1. The number of nitrogens with one attached hydrogen (secondary N) is 1. The first-order chi connectivity index (χ1) is 10.9. The highest BCUT2D eigenvalue weighted by Gasteiger charge is 2.13. The van der Waals surface area contributed by atoms with E-state index >= 15 is 0 Å². The lowest BCUT2D eigenvalue weighted by Gasteiger charge is -2.17. The van der Waals surface area contributed by atoms with Crippen LogP contribution in [0, 0.1) is 10.1 Å². The summed E-state index contributed by atoms with van der Waals surface area (Å²) in [7, 11) is 3.51. The lowest BCUT2D eigenvalue weighted by atomic mass is 10.2. The van der Waals surface area contributed by atoms with Gasteiger partial charge in [0.15, 0.2) is 6.67 Å². The molecule has 8 heteroatoms. The van der Waals surface area contributed by atoms with Gasteiger partial charge in [0.2, 0.25) is 0 Å². The molecule has 0 spiro atoms. The summed E-state index contributed by atoms with van der Waals surface area (Å²) in [6.45, 7) is 0.925. The molecule has 0 aliphatic heterocycles. The number of pyridine rings is 1. The predicted octanol–water partition coefficient (Wildman–Crippen LogP) is 1.20. The summed E-state index contributed by atoms with van der Waals surface area (Å²) in [5.41, 5.74) is 0.617. The van der Waals surface area contributed by atoms with Crippen LogP contribution in [0.2, 0.25) is 0 Å². The van der Waals surface area contributed by atoms with Gasteiger partial charge < -0.3 is 9.64 Å². The van der Waals surface area contributed by atoms with Crippen LogP contribution in [0.3, 0.4) is 0 Å². The highest BCUT2D eigenvalue weighted by molar-refractivity contribution is 9.10. The summed E-state index contributed by atoms with van der Waals surface area (Å²) < 4.78 is 7.62. The Morgan fingerprint density at radius 1 is 1.35 bits per heavy atom. The molecule has 2 aromatic rings. The number of benzene rings is 1. The van der Waals surface area contributed by atoms with Gasteiger partial charge in [0.1, 0.15) is 12.3 Å². The minimum Gasteiger partial charge on any atom is -0.496 e. The minimum atomic E-state index is -0.511. The maximum Gasteiger partial charge on any atom is 0.285 e. The summed E-state index contributed by atoms with van der Waals surface area (Å²) in [5.74, 6) is 0.763. The van der Waals surface area contributed by atoms with Gasteiger partial charge in [0.05, 0.1) is 25.3 Å². The first kappa shape index (κ1) is 17.2. The van der Waals surface area contributed by atoms with Crippen molar-refractivity contribution in [2.45, 2.75) is 13.2 Å². The van der Waals surface area contributed by atoms with Crippen LogP contribution in [0.25, 0.3) is 0 Å². The normalized spacial score (nSPS) is 12.0. The molecule has 122 valence electrons. The Morgan fingerprint density at radius 2 is 2.09 bits per heavy atom. The van der Waals surface area contributed by atoms with Gasteiger partial charge in [-0.2, -0.15) is 0 Å². The van der Waals surface area contributed by atoms with Crippen LogP contribution in [0.5, 0.6) is 5.75 Å². The number of hydrogen-bond acceptors (Lipinski definition) is 4. The third-order valence-corrected chi connectivity index (χ3v) is 3.85. The second-order valence-corrected chi connectivity index (χ2v) is 6.12. The summed E-state index contributed by atoms with van der Waals surface area (Å²) >= 11 is 3.42. The Morgan fingerprint density at radius 3 is 2.74 bits per heavy atom. The first-order valence-corrected chi connectivity index (χ1v) is 7.68. The Kier molecular flexibility index (Phi) is 5.51. The van der Waals surface area contributed by atoms with E-state index < -0.39 is 4.92 Å². The molecule has 1 aromatic carbocycles. The van der Waals surface area contributed by atoms with Gasteiger partial charge in [-0.15, -0.1) is 0 Å². The van der Waals surface area contributed by atoms with Crippen LogP contribution in [0.1, 0.15) is 5.56 Å². The van der Waals surface area contributed by atoms with E-state index in [-0.39, 0.29) is 11.2 Å². The van der Waals surface area contributed by atoms with E-state index in [0.717, 1.165) is 20.7 Å². The molecule has 2 rings (SSSR count). The third kappa shape index (κ3) is 4.40. The number of halogens is 1. The fraction of sp³-hybridized carbons (Fsp3) is 0.267. The van der Waals surface area contributed by atoms with Crippen LogP contribution in [0.15, 0.2) is 45.8 Å². The molecular formula is C15H17BrN3O4+. The van der Waals surface area contributed by atoms with Crippen molar-refractivity contribution in [1.82, 2.24) is 4.57 Å². The topological polar surface area (TPSA) is 78.8 Å². The lowest BCUT2D eigenvalue weighted by Crippen LogP contribution is -3.07. The minimum absolute atomic E-state index is 0.0996. The van der Waals surface area contributed by atoms with Crippen LogP contribution in [-0.2, 0) is 13.2 Å².